The van der Waals surface area contributed by atoms with Gasteiger partial charge in [-0.25, -0.2) is 0 Å². The van der Waals surface area contributed by atoms with Crippen molar-refractivity contribution in [2.45, 2.75) is 51.2 Å². The van der Waals surface area contributed by atoms with E-state index in [1.54, 1.807) is 24.3 Å². The molecular formula is C19H26ClN3O2. The Morgan fingerprint density at radius 1 is 1.20 bits per heavy atom. The molecule has 3 unspecified atom stereocenters. The minimum absolute atomic E-state index is 0.00440. The largest absolute Gasteiger partial charge is 0.340 e. The summed E-state index contributed by atoms with van der Waals surface area (Å²) in [6.45, 7) is 5.38. The summed E-state index contributed by atoms with van der Waals surface area (Å²) in [5.74, 6) is -0.288. The molecule has 1 aromatic carbocycles. The predicted octanol–water partition coefficient (Wildman–Crippen LogP) is 2.45. The van der Waals surface area contributed by atoms with Crippen LogP contribution < -0.4 is 10.6 Å². The lowest BCUT2D eigenvalue weighted by atomic mass is 10.0. The molecule has 25 heavy (non-hydrogen) atoms. The van der Waals surface area contributed by atoms with Gasteiger partial charge in [0.05, 0.1) is 10.6 Å². The molecule has 1 aromatic rings. The molecular weight excluding hydrogens is 338 g/mol. The molecule has 2 N–H and O–H groups in total. The van der Waals surface area contributed by atoms with Crippen LogP contribution in [-0.4, -0.2) is 47.9 Å². The first-order valence-electron chi connectivity index (χ1n) is 9.06. The van der Waals surface area contributed by atoms with E-state index in [2.05, 4.69) is 10.6 Å². The van der Waals surface area contributed by atoms with E-state index in [9.17, 15) is 9.59 Å². The minimum atomic E-state index is -0.541. The van der Waals surface area contributed by atoms with Crippen LogP contribution in [0.2, 0.25) is 5.02 Å². The highest BCUT2D eigenvalue weighted by molar-refractivity contribution is 6.33. The number of nitrogens with one attached hydrogen (secondary N) is 2. The number of benzene rings is 1. The number of fused-ring (bicyclic) bond motifs is 2. The summed E-state index contributed by atoms with van der Waals surface area (Å²) in [6.07, 6.45) is 3.29. The van der Waals surface area contributed by atoms with Crippen LogP contribution in [0.1, 0.15) is 43.5 Å². The molecule has 2 aliphatic heterocycles. The van der Waals surface area contributed by atoms with E-state index in [0.29, 0.717) is 22.7 Å². The van der Waals surface area contributed by atoms with Gasteiger partial charge in [0.2, 0.25) is 5.91 Å². The standard InChI is InChI=1S/C19H26ClN3O2/c1-12(2)17(22-18(24)15-5-3-4-6-16(15)20)19(25)23-10-9-13-7-8-14(11-23)21-13/h3-6,12-14,17,21H,7-11H2,1-2H3,(H,22,24). The van der Waals surface area contributed by atoms with Crippen molar-refractivity contribution in [2.24, 2.45) is 5.92 Å². The number of hydrogen-bond acceptors (Lipinski definition) is 3. The molecule has 2 fully saturated rings. The summed E-state index contributed by atoms with van der Waals surface area (Å²) in [6, 6.07) is 7.27. The molecule has 136 valence electrons. The number of carbonyl (C=O) groups excluding carboxylic acids is 2. The first-order valence-corrected chi connectivity index (χ1v) is 9.43. The van der Waals surface area contributed by atoms with Crippen LogP contribution in [0.3, 0.4) is 0 Å². The van der Waals surface area contributed by atoms with Crippen molar-refractivity contribution in [3.8, 4) is 0 Å². The smallest absolute Gasteiger partial charge is 0.253 e. The van der Waals surface area contributed by atoms with E-state index >= 15 is 0 Å². The Balaban J connectivity index is 1.71. The summed E-state index contributed by atoms with van der Waals surface area (Å²) in [5, 5.41) is 6.88. The number of likely N-dealkylation sites (tertiary alicyclic amines) is 1. The fourth-order valence-corrected chi connectivity index (χ4v) is 3.94. The first kappa shape index (κ1) is 18.2. The Labute approximate surface area is 154 Å². The summed E-state index contributed by atoms with van der Waals surface area (Å²) in [4.78, 5) is 27.6. The van der Waals surface area contributed by atoms with Gasteiger partial charge in [-0.1, -0.05) is 37.6 Å². The van der Waals surface area contributed by atoms with E-state index in [-0.39, 0.29) is 17.7 Å². The van der Waals surface area contributed by atoms with Crippen LogP contribution in [0.15, 0.2) is 24.3 Å². The minimum Gasteiger partial charge on any atom is -0.340 e. The second-order valence-corrected chi connectivity index (χ2v) is 7.79. The molecule has 0 saturated carbocycles. The van der Waals surface area contributed by atoms with Gasteiger partial charge in [-0.05, 0) is 37.3 Å². The molecule has 5 nitrogen and oxygen atoms in total. The second kappa shape index (κ2) is 7.75. The topological polar surface area (TPSA) is 61.4 Å². The Hall–Kier alpha value is -1.59. The van der Waals surface area contributed by atoms with E-state index in [1.807, 2.05) is 18.7 Å². The molecule has 2 saturated heterocycles. The van der Waals surface area contributed by atoms with Crippen LogP contribution in [0.25, 0.3) is 0 Å². The summed E-state index contributed by atoms with van der Waals surface area (Å²) in [7, 11) is 0. The Bertz CT molecular complexity index is 649. The molecule has 6 heteroatoms. The molecule has 3 atom stereocenters. The van der Waals surface area contributed by atoms with Gasteiger partial charge in [-0.15, -0.1) is 0 Å². The molecule has 0 spiro atoms. The summed E-state index contributed by atoms with van der Waals surface area (Å²) in [5.41, 5.74) is 0.402. The Kier molecular flexibility index (Phi) is 5.64. The van der Waals surface area contributed by atoms with Crippen molar-refractivity contribution >= 4 is 23.4 Å². The third-order valence-corrected chi connectivity index (χ3v) is 5.50. The molecule has 3 rings (SSSR count). The number of halogens is 1. The van der Waals surface area contributed by atoms with E-state index in [0.717, 1.165) is 25.9 Å². The number of nitrogens with zero attached hydrogens (tertiary/aromatic N) is 1. The van der Waals surface area contributed by atoms with Gasteiger partial charge in [-0.2, -0.15) is 0 Å². The highest BCUT2D eigenvalue weighted by atomic mass is 35.5. The zero-order valence-corrected chi connectivity index (χ0v) is 15.6. The zero-order chi connectivity index (χ0) is 18.0. The van der Waals surface area contributed by atoms with Crippen molar-refractivity contribution in [3.63, 3.8) is 0 Å². The van der Waals surface area contributed by atoms with Crippen molar-refractivity contribution in [3.05, 3.63) is 34.9 Å². The van der Waals surface area contributed by atoms with Crippen molar-refractivity contribution < 1.29 is 9.59 Å². The number of amides is 2. The monoisotopic (exact) mass is 363 g/mol. The van der Waals surface area contributed by atoms with Gasteiger partial charge in [0.25, 0.3) is 5.91 Å². The molecule has 2 amide bonds. The fourth-order valence-electron chi connectivity index (χ4n) is 3.72. The molecule has 2 aliphatic rings. The van der Waals surface area contributed by atoms with E-state index < -0.39 is 6.04 Å². The lowest BCUT2D eigenvalue weighted by Gasteiger charge is -2.31. The molecule has 0 aromatic heterocycles. The van der Waals surface area contributed by atoms with Crippen molar-refractivity contribution in [1.29, 1.82) is 0 Å². The average molecular weight is 364 g/mol. The number of carbonyl (C=O) groups is 2. The highest BCUT2D eigenvalue weighted by Gasteiger charge is 2.35. The Morgan fingerprint density at radius 2 is 1.92 bits per heavy atom. The third-order valence-electron chi connectivity index (χ3n) is 5.17. The van der Waals surface area contributed by atoms with E-state index in [4.69, 9.17) is 11.6 Å². The maximum Gasteiger partial charge on any atom is 0.253 e. The SMILES string of the molecule is CC(C)C(NC(=O)c1ccccc1Cl)C(=O)N1CCC2CCC(C1)N2. The predicted molar refractivity (Wildman–Crippen MR) is 98.7 cm³/mol. The number of hydrogen-bond donors (Lipinski definition) is 2. The van der Waals surface area contributed by atoms with E-state index in [1.165, 1.54) is 6.42 Å². The molecule has 0 radical (unpaired) electrons. The molecule has 0 aliphatic carbocycles. The van der Waals surface area contributed by atoms with Gasteiger partial charge >= 0.3 is 0 Å². The first-order chi connectivity index (χ1) is 12.0. The maximum atomic E-state index is 13.1. The average Bonchev–Trinajstić information content (AvgIpc) is 2.91. The van der Waals surface area contributed by atoms with Crippen LogP contribution >= 0.6 is 11.6 Å². The third kappa shape index (κ3) is 4.15. The van der Waals surface area contributed by atoms with Gasteiger partial charge in [0, 0.05) is 25.2 Å². The van der Waals surface area contributed by atoms with Crippen LogP contribution in [0.4, 0.5) is 0 Å². The quantitative estimate of drug-likeness (QED) is 0.863. The summed E-state index contributed by atoms with van der Waals surface area (Å²) < 4.78 is 0. The normalized spacial score (nSPS) is 24.1. The maximum absolute atomic E-state index is 13.1. The lowest BCUT2D eigenvalue weighted by molar-refractivity contribution is -0.134. The zero-order valence-electron chi connectivity index (χ0n) is 14.8. The number of rotatable bonds is 4. The second-order valence-electron chi connectivity index (χ2n) is 7.39. The lowest BCUT2D eigenvalue weighted by Crippen LogP contribution is -2.53. The van der Waals surface area contributed by atoms with Gasteiger partial charge in [0.1, 0.15) is 6.04 Å². The highest BCUT2D eigenvalue weighted by Crippen LogP contribution is 2.22. The Morgan fingerprint density at radius 3 is 2.64 bits per heavy atom. The van der Waals surface area contributed by atoms with Gasteiger partial charge in [0.15, 0.2) is 0 Å². The molecule has 2 bridgehead atoms. The summed E-state index contributed by atoms with van der Waals surface area (Å²) >= 11 is 6.11. The van der Waals surface area contributed by atoms with Crippen molar-refractivity contribution in [2.75, 3.05) is 13.1 Å². The van der Waals surface area contributed by atoms with Crippen LogP contribution in [0.5, 0.6) is 0 Å². The molecule has 2 heterocycles. The van der Waals surface area contributed by atoms with Gasteiger partial charge in [-0.3, -0.25) is 9.59 Å². The fraction of sp³-hybridized carbons (Fsp3) is 0.579. The van der Waals surface area contributed by atoms with Crippen LogP contribution in [-0.2, 0) is 4.79 Å². The van der Waals surface area contributed by atoms with Crippen LogP contribution in [0, 0.1) is 5.92 Å². The van der Waals surface area contributed by atoms with Crippen molar-refractivity contribution in [1.82, 2.24) is 15.5 Å². The van der Waals surface area contributed by atoms with Gasteiger partial charge < -0.3 is 15.5 Å².